The number of rotatable bonds is 4. The number of hydrogen-bond donors (Lipinski definition) is 0. The number of imidazole rings is 1. The van der Waals surface area contributed by atoms with Gasteiger partial charge in [0.05, 0.1) is 5.56 Å². The highest BCUT2D eigenvalue weighted by molar-refractivity contribution is 5.94. The number of aromatic nitrogens is 3. The molecule has 0 saturated carbocycles. The van der Waals surface area contributed by atoms with Crippen LogP contribution in [0, 0.1) is 12.8 Å². The molecule has 126 valence electrons. The largest absolute Gasteiger partial charge is 0.338 e. The van der Waals surface area contributed by atoms with Gasteiger partial charge in [-0.1, -0.05) is 30.3 Å². The van der Waals surface area contributed by atoms with E-state index < -0.39 is 0 Å². The standard InChI is InChI=1S/C20H20N4O/c1-15-10-22-19(17-6-3-2-4-7-17)24(15)14-16-12-23(13-16)20(25)18-8-5-9-21-11-18/h2-11,16H,12-14H2,1H3. The highest BCUT2D eigenvalue weighted by Crippen LogP contribution is 2.25. The van der Waals surface area contributed by atoms with Crippen molar-refractivity contribution in [2.24, 2.45) is 5.92 Å². The van der Waals surface area contributed by atoms with Crippen molar-refractivity contribution in [1.29, 1.82) is 0 Å². The van der Waals surface area contributed by atoms with E-state index in [9.17, 15) is 4.79 Å². The van der Waals surface area contributed by atoms with Gasteiger partial charge >= 0.3 is 0 Å². The zero-order valence-electron chi connectivity index (χ0n) is 14.2. The fourth-order valence-electron chi connectivity index (χ4n) is 3.29. The number of carbonyl (C=O) groups excluding carboxylic acids is 1. The normalized spacial score (nSPS) is 14.4. The lowest BCUT2D eigenvalue weighted by Crippen LogP contribution is -2.51. The van der Waals surface area contributed by atoms with Gasteiger partial charge in [-0.25, -0.2) is 4.98 Å². The van der Waals surface area contributed by atoms with Crippen LogP contribution < -0.4 is 0 Å². The Morgan fingerprint density at radius 2 is 1.92 bits per heavy atom. The summed E-state index contributed by atoms with van der Waals surface area (Å²) in [6.45, 7) is 4.52. The van der Waals surface area contributed by atoms with Crippen molar-refractivity contribution < 1.29 is 4.79 Å². The number of benzene rings is 1. The van der Waals surface area contributed by atoms with E-state index in [2.05, 4.69) is 33.6 Å². The van der Waals surface area contributed by atoms with Gasteiger partial charge in [-0.15, -0.1) is 0 Å². The number of carbonyl (C=O) groups is 1. The predicted octanol–water partition coefficient (Wildman–Crippen LogP) is 3.03. The predicted molar refractivity (Wildman–Crippen MR) is 96.0 cm³/mol. The Morgan fingerprint density at radius 3 is 2.64 bits per heavy atom. The van der Waals surface area contributed by atoms with Crippen LogP contribution in [0.1, 0.15) is 16.1 Å². The first kappa shape index (κ1) is 15.6. The molecule has 0 atom stereocenters. The van der Waals surface area contributed by atoms with E-state index in [0.29, 0.717) is 11.5 Å². The Morgan fingerprint density at radius 1 is 1.12 bits per heavy atom. The molecule has 0 bridgehead atoms. The number of hydrogen-bond acceptors (Lipinski definition) is 3. The highest BCUT2D eigenvalue weighted by atomic mass is 16.2. The summed E-state index contributed by atoms with van der Waals surface area (Å²) in [5, 5.41) is 0. The monoisotopic (exact) mass is 332 g/mol. The summed E-state index contributed by atoms with van der Waals surface area (Å²) in [4.78, 5) is 22.9. The molecule has 0 radical (unpaired) electrons. The van der Waals surface area contributed by atoms with E-state index in [4.69, 9.17) is 0 Å². The molecule has 0 spiro atoms. The second-order valence-corrected chi connectivity index (χ2v) is 6.52. The first-order valence-electron chi connectivity index (χ1n) is 8.49. The second-order valence-electron chi connectivity index (χ2n) is 6.52. The van der Waals surface area contributed by atoms with E-state index in [0.717, 1.165) is 36.7 Å². The van der Waals surface area contributed by atoms with Crippen LogP contribution in [0.5, 0.6) is 0 Å². The average molecular weight is 332 g/mol. The zero-order valence-corrected chi connectivity index (χ0v) is 14.2. The molecule has 5 heteroatoms. The van der Waals surface area contributed by atoms with Gasteiger partial charge in [0.15, 0.2) is 0 Å². The summed E-state index contributed by atoms with van der Waals surface area (Å²) in [6.07, 6.45) is 5.23. The molecule has 1 aliphatic rings. The van der Waals surface area contributed by atoms with E-state index in [1.54, 1.807) is 18.5 Å². The van der Waals surface area contributed by atoms with Crippen LogP contribution in [0.3, 0.4) is 0 Å². The fourth-order valence-corrected chi connectivity index (χ4v) is 3.29. The molecule has 25 heavy (non-hydrogen) atoms. The first-order valence-corrected chi connectivity index (χ1v) is 8.49. The maximum atomic E-state index is 12.4. The number of likely N-dealkylation sites (tertiary alicyclic amines) is 1. The minimum absolute atomic E-state index is 0.0648. The molecule has 4 rings (SSSR count). The van der Waals surface area contributed by atoms with Crippen molar-refractivity contribution in [2.45, 2.75) is 13.5 Å². The van der Waals surface area contributed by atoms with E-state index >= 15 is 0 Å². The van der Waals surface area contributed by atoms with E-state index in [1.807, 2.05) is 35.4 Å². The molecule has 3 aromatic rings. The summed E-state index contributed by atoms with van der Waals surface area (Å²) in [6, 6.07) is 13.8. The Kier molecular flexibility index (Phi) is 4.06. The third-order valence-corrected chi connectivity index (χ3v) is 4.68. The second kappa shape index (κ2) is 6.51. The zero-order chi connectivity index (χ0) is 17.2. The fraction of sp³-hybridized carbons (Fsp3) is 0.250. The van der Waals surface area contributed by atoms with Crippen LogP contribution in [0.25, 0.3) is 11.4 Å². The molecule has 3 heterocycles. The third-order valence-electron chi connectivity index (χ3n) is 4.68. The Hall–Kier alpha value is -2.95. The topological polar surface area (TPSA) is 51.0 Å². The molecule has 5 nitrogen and oxygen atoms in total. The Balaban J connectivity index is 1.44. The van der Waals surface area contributed by atoms with Crippen LogP contribution in [0.4, 0.5) is 0 Å². The quantitative estimate of drug-likeness (QED) is 0.738. The molecule has 2 aromatic heterocycles. The van der Waals surface area contributed by atoms with Gasteiger partial charge in [0.1, 0.15) is 5.82 Å². The maximum absolute atomic E-state index is 12.4. The molecular formula is C20H20N4O. The minimum atomic E-state index is 0.0648. The number of nitrogens with zero attached hydrogens (tertiary/aromatic N) is 4. The van der Waals surface area contributed by atoms with Gasteiger partial charge < -0.3 is 9.47 Å². The SMILES string of the molecule is Cc1cnc(-c2ccccc2)n1CC1CN(C(=O)c2cccnc2)C1. The van der Waals surface area contributed by atoms with Gasteiger partial charge in [0.25, 0.3) is 5.91 Å². The number of pyridine rings is 1. The van der Waals surface area contributed by atoms with Gasteiger partial charge in [-0.05, 0) is 19.1 Å². The summed E-state index contributed by atoms with van der Waals surface area (Å²) in [7, 11) is 0. The molecule has 1 amide bonds. The third kappa shape index (κ3) is 3.05. The number of aryl methyl sites for hydroxylation is 1. The van der Waals surface area contributed by atoms with Crippen molar-refractivity contribution in [1.82, 2.24) is 19.4 Å². The molecular weight excluding hydrogens is 312 g/mol. The lowest BCUT2D eigenvalue weighted by molar-refractivity contribution is 0.0468. The van der Waals surface area contributed by atoms with Crippen LogP contribution in [0.15, 0.2) is 61.1 Å². The van der Waals surface area contributed by atoms with Crippen molar-refractivity contribution >= 4 is 5.91 Å². The molecule has 1 aromatic carbocycles. The Bertz CT molecular complexity index is 867. The van der Waals surface area contributed by atoms with Crippen LogP contribution in [-0.2, 0) is 6.54 Å². The van der Waals surface area contributed by atoms with Gasteiger partial charge in [0, 0.05) is 55.4 Å². The molecule has 1 saturated heterocycles. The number of amides is 1. The highest BCUT2D eigenvalue weighted by Gasteiger charge is 2.32. The Labute approximate surface area is 147 Å². The van der Waals surface area contributed by atoms with Crippen molar-refractivity contribution in [2.75, 3.05) is 13.1 Å². The van der Waals surface area contributed by atoms with Crippen molar-refractivity contribution in [3.63, 3.8) is 0 Å². The van der Waals surface area contributed by atoms with E-state index in [1.165, 1.54) is 0 Å². The summed E-state index contributed by atoms with van der Waals surface area (Å²) in [5.41, 5.74) is 2.93. The minimum Gasteiger partial charge on any atom is -0.338 e. The van der Waals surface area contributed by atoms with Crippen molar-refractivity contribution in [3.8, 4) is 11.4 Å². The van der Waals surface area contributed by atoms with Crippen LogP contribution >= 0.6 is 0 Å². The lowest BCUT2D eigenvalue weighted by atomic mass is 9.98. The van der Waals surface area contributed by atoms with Crippen molar-refractivity contribution in [3.05, 3.63) is 72.3 Å². The maximum Gasteiger partial charge on any atom is 0.255 e. The first-order chi connectivity index (χ1) is 12.2. The van der Waals surface area contributed by atoms with E-state index in [-0.39, 0.29) is 5.91 Å². The van der Waals surface area contributed by atoms with Gasteiger partial charge in [-0.2, -0.15) is 0 Å². The molecule has 1 fully saturated rings. The smallest absolute Gasteiger partial charge is 0.255 e. The average Bonchev–Trinajstić information content (AvgIpc) is 2.99. The summed E-state index contributed by atoms with van der Waals surface area (Å²) < 4.78 is 2.26. The molecule has 0 N–H and O–H groups in total. The van der Waals surface area contributed by atoms with Gasteiger partial charge in [-0.3, -0.25) is 9.78 Å². The van der Waals surface area contributed by atoms with Crippen LogP contribution in [-0.4, -0.2) is 38.4 Å². The molecule has 1 aliphatic heterocycles. The molecule has 0 unspecified atom stereocenters. The summed E-state index contributed by atoms with van der Waals surface area (Å²) >= 11 is 0. The van der Waals surface area contributed by atoms with Gasteiger partial charge in [0.2, 0.25) is 0 Å². The lowest BCUT2D eigenvalue weighted by Gasteiger charge is -2.39. The molecule has 0 aliphatic carbocycles. The van der Waals surface area contributed by atoms with Crippen LogP contribution in [0.2, 0.25) is 0 Å². The summed E-state index contributed by atoms with van der Waals surface area (Å²) in [5.74, 6) is 1.51.